The predicted octanol–water partition coefficient (Wildman–Crippen LogP) is 1.31. The molecule has 0 bridgehead atoms. The average molecular weight is 261 g/mol. The maximum atomic E-state index is 9.04. The van der Waals surface area contributed by atoms with Crippen molar-refractivity contribution in [2.24, 2.45) is 0 Å². The van der Waals surface area contributed by atoms with Gasteiger partial charge in [0.25, 0.3) is 0 Å². The van der Waals surface area contributed by atoms with Gasteiger partial charge < -0.3 is 10.4 Å². The minimum absolute atomic E-state index is 0.163. The van der Waals surface area contributed by atoms with Crippen molar-refractivity contribution in [3.8, 4) is 0 Å². The number of nitrogens with one attached hydrogen (secondary N) is 1. The monoisotopic (exact) mass is 261 g/mol. The Labute approximate surface area is 115 Å². The normalized spacial score (nSPS) is 14.8. The molecule has 0 aliphatic heterocycles. The van der Waals surface area contributed by atoms with Gasteiger partial charge in [-0.3, -0.25) is 9.88 Å². The quantitative estimate of drug-likeness (QED) is 0.658. The number of nitrogens with zero attached hydrogens (tertiary/aromatic N) is 2. The van der Waals surface area contributed by atoms with Crippen LogP contribution in [0.2, 0.25) is 0 Å². The molecule has 1 saturated carbocycles. The highest BCUT2D eigenvalue weighted by atomic mass is 16.3. The van der Waals surface area contributed by atoms with Crippen molar-refractivity contribution in [1.29, 1.82) is 0 Å². The molecule has 19 heavy (non-hydrogen) atoms. The zero-order chi connectivity index (χ0) is 13.5. The van der Waals surface area contributed by atoms with Gasteiger partial charge >= 0.3 is 0 Å². The van der Waals surface area contributed by atoms with E-state index in [4.69, 9.17) is 5.11 Å². The molecule has 2 N–H and O–H groups in total. The van der Waals surface area contributed by atoms with Crippen molar-refractivity contribution in [3.63, 3.8) is 0 Å². The van der Waals surface area contributed by atoms with E-state index in [1.165, 1.54) is 12.8 Å². The number of aliphatic hydroxyl groups excluding tert-OH is 1. The second kappa shape index (κ2) is 7.38. The van der Waals surface area contributed by atoms with Gasteiger partial charge in [0.2, 0.25) is 0 Å². The van der Waals surface area contributed by atoms with E-state index < -0.39 is 0 Å². The zero-order valence-corrected chi connectivity index (χ0v) is 11.4. The zero-order valence-electron chi connectivity index (χ0n) is 11.4. The fourth-order valence-electron chi connectivity index (χ4n) is 2.04. The number of pyridine rings is 1. The Morgan fingerprint density at radius 3 is 2.89 bits per heavy atom. The molecule has 4 heteroatoms. The van der Waals surface area contributed by atoms with Crippen LogP contribution in [-0.4, -0.2) is 40.7 Å². The molecule has 0 radical (unpaired) electrons. The first-order valence-corrected chi connectivity index (χ1v) is 6.94. The highest BCUT2D eigenvalue weighted by molar-refractivity contribution is 5.11. The second-order valence-corrected chi connectivity index (χ2v) is 5.02. The van der Waals surface area contributed by atoms with Crippen LogP contribution in [0.1, 0.15) is 24.2 Å². The standard InChI is InChI=1S/C15H23N3O/c1-2-8-18(9-10-19)12-15-5-3-4-14(17-15)11-16-13-6-7-13/h2-5,13,16,19H,1,6-12H2. The number of aromatic nitrogens is 1. The molecule has 0 spiro atoms. The first-order chi connectivity index (χ1) is 9.31. The first kappa shape index (κ1) is 14.2. The third-order valence-electron chi connectivity index (χ3n) is 3.20. The van der Waals surface area contributed by atoms with Crippen molar-refractivity contribution < 1.29 is 5.11 Å². The molecule has 1 aromatic heterocycles. The van der Waals surface area contributed by atoms with Gasteiger partial charge in [-0.25, -0.2) is 0 Å². The predicted molar refractivity (Wildman–Crippen MR) is 76.7 cm³/mol. The molecule has 0 atom stereocenters. The Balaban J connectivity index is 1.89. The number of rotatable bonds is 9. The lowest BCUT2D eigenvalue weighted by Gasteiger charge is -2.19. The number of hydrogen-bond donors (Lipinski definition) is 2. The molecular formula is C15H23N3O. The van der Waals surface area contributed by atoms with Crippen LogP contribution in [0.3, 0.4) is 0 Å². The van der Waals surface area contributed by atoms with Gasteiger partial charge in [0.15, 0.2) is 0 Å². The molecule has 0 saturated heterocycles. The summed E-state index contributed by atoms with van der Waals surface area (Å²) in [6.07, 6.45) is 4.45. The lowest BCUT2D eigenvalue weighted by molar-refractivity contribution is 0.202. The summed E-state index contributed by atoms with van der Waals surface area (Å²) in [7, 11) is 0. The van der Waals surface area contributed by atoms with Crippen molar-refractivity contribution in [2.75, 3.05) is 19.7 Å². The molecule has 1 heterocycles. The van der Waals surface area contributed by atoms with E-state index in [1.807, 2.05) is 12.1 Å². The number of aliphatic hydroxyl groups is 1. The van der Waals surface area contributed by atoms with Gasteiger partial charge in [0.1, 0.15) is 0 Å². The van der Waals surface area contributed by atoms with Crippen molar-refractivity contribution in [2.45, 2.75) is 32.0 Å². The Bertz CT molecular complexity index is 404. The first-order valence-electron chi connectivity index (χ1n) is 6.94. The summed E-state index contributed by atoms with van der Waals surface area (Å²) in [4.78, 5) is 6.79. The van der Waals surface area contributed by atoms with Gasteiger partial charge in [-0.2, -0.15) is 0 Å². The van der Waals surface area contributed by atoms with Crippen LogP contribution in [0.15, 0.2) is 30.9 Å². The highest BCUT2D eigenvalue weighted by Crippen LogP contribution is 2.19. The molecule has 0 aromatic carbocycles. The molecule has 1 fully saturated rings. The molecule has 4 nitrogen and oxygen atoms in total. The third kappa shape index (κ3) is 5.11. The van der Waals surface area contributed by atoms with Crippen LogP contribution in [0.25, 0.3) is 0 Å². The van der Waals surface area contributed by atoms with Gasteiger partial charge in [0.05, 0.1) is 18.0 Å². The molecule has 1 aliphatic carbocycles. The molecule has 2 rings (SSSR count). The van der Waals surface area contributed by atoms with Crippen molar-refractivity contribution in [3.05, 3.63) is 42.2 Å². The molecule has 1 aromatic rings. The summed E-state index contributed by atoms with van der Waals surface area (Å²) in [6.45, 7) is 6.93. The maximum Gasteiger partial charge on any atom is 0.0558 e. The van der Waals surface area contributed by atoms with Crippen LogP contribution in [0, 0.1) is 0 Å². The van der Waals surface area contributed by atoms with Gasteiger partial charge in [0, 0.05) is 32.2 Å². The van der Waals surface area contributed by atoms with E-state index in [1.54, 1.807) is 0 Å². The number of hydrogen-bond acceptors (Lipinski definition) is 4. The summed E-state index contributed by atoms with van der Waals surface area (Å²) in [6, 6.07) is 6.85. The molecule has 0 unspecified atom stereocenters. The highest BCUT2D eigenvalue weighted by Gasteiger charge is 2.20. The van der Waals surface area contributed by atoms with Crippen molar-refractivity contribution >= 4 is 0 Å². The second-order valence-electron chi connectivity index (χ2n) is 5.02. The summed E-state index contributed by atoms with van der Waals surface area (Å²) in [5.41, 5.74) is 2.14. The Morgan fingerprint density at radius 1 is 1.42 bits per heavy atom. The van der Waals surface area contributed by atoms with E-state index in [2.05, 4.69) is 33.9 Å². The Morgan fingerprint density at radius 2 is 2.21 bits per heavy atom. The van der Waals surface area contributed by atoms with E-state index >= 15 is 0 Å². The topological polar surface area (TPSA) is 48.4 Å². The van der Waals surface area contributed by atoms with Crippen LogP contribution >= 0.6 is 0 Å². The molecule has 0 amide bonds. The molecule has 104 valence electrons. The van der Waals surface area contributed by atoms with Gasteiger partial charge in [-0.1, -0.05) is 12.1 Å². The minimum Gasteiger partial charge on any atom is -0.395 e. The lowest BCUT2D eigenvalue weighted by atomic mass is 10.2. The lowest BCUT2D eigenvalue weighted by Crippen LogP contribution is -2.27. The summed E-state index contributed by atoms with van der Waals surface area (Å²) in [5.74, 6) is 0. The Hall–Kier alpha value is -1.23. The van der Waals surface area contributed by atoms with Crippen molar-refractivity contribution in [1.82, 2.24) is 15.2 Å². The van der Waals surface area contributed by atoms with E-state index in [0.29, 0.717) is 12.6 Å². The SMILES string of the molecule is C=CCN(CCO)Cc1cccc(CNC2CC2)n1. The summed E-state index contributed by atoms with van der Waals surface area (Å²) < 4.78 is 0. The third-order valence-corrected chi connectivity index (χ3v) is 3.20. The fraction of sp³-hybridized carbons (Fsp3) is 0.533. The average Bonchev–Trinajstić information content (AvgIpc) is 3.21. The van der Waals surface area contributed by atoms with Crippen LogP contribution in [0.5, 0.6) is 0 Å². The summed E-state index contributed by atoms with van der Waals surface area (Å²) >= 11 is 0. The van der Waals surface area contributed by atoms with E-state index in [9.17, 15) is 0 Å². The largest absolute Gasteiger partial charge is 0.395 e. The van der Waals surface area contributed by atoms with Gasteiger partial charge in [-0.15, -0.1) is 6.58 Å². The van der Waals surface area contributed by atoms with Crippen LogP contribution in [0.4, 0.5) is 0 Å². The van der Waals surface area contributed by atoms with E-state index in [0.717, 1.165) is 31.0 Å². The smallest absolute Gasteiger partial charge is 0.0558 e. The van der Waals surface area contributed by atoms with Crippen LogP contribution < -0.4 is 5.32 Å². The van der Waals surface area contributed by atoms with E-state index in [-0.39, 0.29) is 6.61 Å². The van der Waals surface area contributed by atoms with Gasteiger partial charge in [-0.05, 0) is 25.0 Å². The van der Waals surface area contributed by atoms with Crippen LogP contribution in [-0.2, 0) is 13.1 Å². The summed E-state index contributed by atoms with van der Waals surface area (Å²) in [5, 5.41) is 12.5. The molecular weight excluding hydrogens is 238 g/mol. The maximum absolute atomic E-state index is 9.04. The fourth-order valence-corrected chi connectivity index (χ4v) is 2.04. The Kier molecular flexibility index (Phi) is 5.51. The molecule has 1 aliphatic rings. The minimum atomic E-state index is 0.163.